The summed E-state index contributed by atoms with van der Waals surface area (Å²) in [6, 6.07) is 11.6. The Kier molecular flexibility index (Phi) is 2.38. The van der Waals surface area contributed by atoms with E-state index in [1.807, 2.05) is 42.6 Å². The number of H-pyrrole nitrogens is 1. The summed E-state index contributed by atoms with van der Waals surface area (Å²) in [4.78, 5) is 7.08. The third kappa shape index (κ3) is 1.81. The van der Waals surface area contributed by atoms with Gasteiger partial charge in [-0.2, -0.15) is 0 Å². The van der Waals surface area contributed by atoms with Gasteiger partial charge >= 0.3 is 0 Å². The first-order chi connectivity index (χ1) is 8.34. The number of aromatic nitrogens is 2. The lowest BCUT2D eigenvalue weighted by Gasteiger charge is -2.11. The second kappa shape index (κ2) is 4.03. The van der Waals surface area contributed by atoms with E-state index in [1.165, 1.54) is 0 Å². The molecule has 1 aromatic carbocycles. The van der Waals surface area contributed by atoms with Gasteiger partial charge in [0, 0.05) is 24.1 Å². The minimum absolute atomic E-state index is 0.600. The molecule has 3 rings (SSSR count). The highest BCUT2D eigenvalue weighted by Gasteiger charge is 2.10. The zero-order chi connectivity index (χ0) is 11.7. The van der Waals surface area contributed by atoms with Gasteiger partial charge in [-0.3, -0.25) is 4.98 Å². The molecule has 17 heavy (non-hydrogen) atoms. The number of fused-ring (bicyclic) bond motifs is 1. The highest BCUT2D eigenvalue weighted by molar-refractivity contribution is 5.80. The number of nitrogens with one attached hydrogen (secondary N) is 1. The van der Waals surface area contributed by atoms with Crippen LogP contribution in [0.25, 0.3) is 10.9 Å². The Labute approximate surface area is 98.8 Å². The van der Waals surface area contributed by atoms with Gasteiger partial charge in [0.1, 0.15) is 6.10 Å². The predicted molar refractivity (Wildman–Crippen MR) is 66.6 cm³/mol. The van der Waals surface area contributed by atoms with Crippen LogP contribution in [0, 0.1) is 0 Å². The number of pyridine rings is 1. The Morgan fingerprint density at radius 3 is 2.65 bits per heavy atom. The highest BCUT2D eigenvalue weighted by Crippen LogP contribution is 2.24. The van der Waals surface area contributed by atoms with E-state index in [2.05, 4.69) is 9.97 Å². The number of nitrogens with zero attached hydrogens (tertiary/aromatic N) is 1. The summed E-state index contributed by atoms with van der Waals surface area (Å²) >= 11 is 0. The summed E-state index contributed by atoms with van der Waals surface area (Å²) in [5, 5.41) is 11.4. The minimum atomic E-state index is -0.600. The SMILES string of the molecule is OC(c1ccncc1)c1ccc2[nH]ccc2c1. The molecule has 1 unspecified atom stereocenters. The maximum atomic E-state index is 10.3. The summed E-state index contributed by atoms with van der Waals surface area (Å²) in [6.07, 6.45) is 4.67. The summed E-state index contributed by atoms with van der Waals surface area (Å²) in [7, 11) is 0. The van der Waals surface area contributed by atoms with Crippen LogP contribution in [0.4, 0.5) is 0 Å². The number of aromatic amines is 1. The van der Waals surface area contributed by atoms with Gasteiger partial charge in [-0.15, -0.1) is 0 Å². The van der Waals surface area contributed by atoms with Gasteiger partial charge in [0.05, 0.1) is 0 Å². The Morgan fingerprint density at radius 2 is 1.82 bits per heavy atom. The van der Waals surface area contributed by atoms with Gasteiger partial charge in [-0.1, -0.05) is 6.07 Å². The average molecular weight is 224 g/mol. The zero-order valence-corrected chi connectivity index (χ0v) is 9.17. The Bertz CT molecular complexity index is 631. The molecule has 0 spiro atoms. The third-order valence-electron chi connectivity index (χ3n) is 2.91. The molecule has 2 aromatic heterocycles. The van der Waals surface area contributed by atoms with E-state index in [0.29, 0.717) is 0 Å². The summed E-state index contributed by atoms with van der Waals surface area (Å²) < 4.78 is 0. The second-order valence-corrected chi connectivity index (χ2v) is 4.01. The molecule has 2 heterocycles. The van der Waals surface area contributed by atoms with Crippen molar-refractivity contribution in [2.45, 2.75) is 6.10 Å². The van der Waals surface area contributed by atoms with Gasteiger partial charge in [0.25, 0.3) is 0 Å². The van der Waals surface area contributed by atoms with Crippen molar-refractivity contribution >= 4 is 10.9 Å². The fourth-order valence-electron chi connectivity index (χ4n) is 1.98. The number of aliphatic hydroxyl groups excluding tert-OH is 1. The van der Waals surface area contributed by atoms with Crippen molar-refractivity contribution in [3.05, 3.63) is 66.1 Å². The van der Waals surface area contributed by atoms with Crippen LogP contribution < -0.4 is 0 Å². The molecule has 0 aliphatic rings. The number of hydrogen-bond donors (Lipinski definition) is 2. The molecule has 3 heteroatoms. The molecule has 0 saturated carbocycles. The highest BCUT2D eigenvalue weighted by atomic mass is 16.3. The lowest BCUT2D eigenvalue weighted by molar-refractivity contribution is 0.220. The topological polar surface area (TPSA) is 48.9 Å². The van der Waals surface area contributed by atoms with Crippen molar-refractivity contribution in [1.82, 2.24) is 9.97 Å². The fraction of sp³-hybridized carbons (Fsp3) is 0.0714. The summed E-state index contributed by atoms with van der Waals surface area (Å²) in [5.74, 6) is 0. The quantitative estimate of drug-likeness (QED) is 0.703. The lowest BCUT2D eigenvalue weighted by atomic mass is 10.0. The van der Waals surface area contributed by atoms with Crippen molar-refractivity contribution < 1.29 is 5.11 Å². The normalized spacial score (nSPS) is 12.8. The van der Waals surface area contributed by atoms with Crippen LogP contribution in [0.1, 0.15) is 17.2 Å². The maximum Gasteiger partial charge on any atom is 0.104 e. The standard InChI is InChI=1S/C14H12N2O/c17-14(10-3-6-15-7-4-10)12-1-2-13-11(9-12)5-8-16-13/h1-9,14,16-17H. The van der Waals surface area contributed by atoms with Crippen molar-refractivity contribution in [3.63, 3.8) is 0 Å². The minimum Gasteiger partial charge on any atom is -0.384 e. The van der Waals surface area contributed by atoms with Crippen LogP contribution in [0.15, 0.2) is 55.0 Å². The van der Waals surface area contributed by atoms with Crippen LogP contribution in [-0.2, 0) is 0 Å². The van der Waals surface area contributed by atoms with Crippen LogP contribution in [0.3, 0.4) is 0 Å². The average Bonchev–Trinajstić information content (AvgIpc) is 2.86. The van der Waals surface area contributed by atoms with Crippen LogP contribution in [0.5, 0.6) is 0 Å². The molecular formula is C14H12N2O. The Morgan fingerprint density at radius 1 is 1.00 bits per heavy atom. The molecule has 0 amide bonds. The number of hydrogen-bond acceptors (Lipinski definition) is 2. The van der Waals surface area contributed by atoms with Crippen molar-refractivity contribution in [3.8, 4) is 0 Å². The van der Waals surface area contributed by atoms with Crippen LogP contribution in [-0.4, -0.2) is 15.1 Å². The van der Waals surface area contributed by atoms with E-state index < -0.39 is 6.10 Å². The Hall–Kier alpha value is -2.13. The number of benzene rings is 1. The van der Waals surface area contributed by atoms with E-state index in [4.69, 9.17) is 0 Å². The molecule has 3 aromatic rings. The molecule has 84 valence electrons. The molecule has 2 N–H and O–H groups in total. The molecule has 0 fully saturated rings. The van der Waals surface area contributed by atoms with E-state index in [0.717, 1.165) is 22.0 Å². The van der Waals surface area contributed by atoms with E-state index in [1.54, 1.807) is 12.4 Å². The van der Waals surface area contributed by atoms with Gasteiger partial charge in [-0.05, 0) is 46.8 Å². The molecule has 0 bridgehead atoms. The first kappa shape index (κ1) is 10.1. The van der Waals surface area contributed by atoms with Crippen molar-refractivity contribution in [2.75, 3.05) is 0 Å². The molecule has 0 aliphatic heterocycles. The summed E-state index contributed by atoms with van der Waals surface area (Å²) in [5.41, 5.74) is 2.83. The van der Waals surface area contributed by atoms with Crippen molar-refractivity contribution in [1.29, 1.82) is 0 Å². The van der Waals surface area contributed by atoms with Crippen LogP contribution >= 0.6 is 0 Å². The largest absolute Gasteiger partial charge is 0.384 e. The van der Waals surface area contributed by atoms with Crippen LogP contribution in [0.2, 0.25) is 0 Å². The number of aliphatic hydroxyl groups is 1. The summed E-state index contributed by atoms with van der Waals surface area (Å²) in [6.45, 7) is 0. The molecule has 3 nitrogen and oxygen atoms in total. The third-order valence-corrected chi connectivity index (χ3v) is 2.91. The predicted octanol–water partition coefficient (Wildman–Crippen LogP) is 2.64. The second-order valence-electron chi connectivity index (χ2n) is 4.01. The zero-order valence-electron chi connectivity index (χ0n) is 9.17. The van der Waals surface area contributed by atoms with Gasteiger partial charge < -0.3 is 10.1 Å². The first-order valence-electron chi connectivity index (χ1n) is 5.49. The molecule has 0 aliphatic carbocycles. The smallest absolute Gasteiger partial charge is 0.104 e. The van der Waals surface area contributed by atoms with E-state index >= 15 is 0 Å². The monoisotopic (exact) mass is 224 g/mol. The molecule has 0 saturated heterocycles. The first-order valence-corrected chi connectivity index (χ1v) is 5.49. The molecule has 1 atom stereocenters. The van der Waals surface area contributed by atoms with Gasteiger partial charge in [-0.25, -0.2) is 0 Å². The van der Waals surface area contributed by atoms with Gasteiger partial charge in [0.15, 0.2) is 0 Å². The maximum absolute atomic E-state index is 10.3. The van der Waals surface area contributed by atoms with E-state index in [9.17, 15) is 5.11 Å². The molecule has 0 radical (unpaired) electrons. The lowest BCUT2D eigenvalue weighted by Crippen LogP contribution is -1.99. The van der Waals surface area contributed by atoms with E-state index in [-0.39, 0.29) is 0 Å². The van der Waals surface area contributed by atoms with Crippen molar-refractivity contribution in [2.24, 2.45) is 0 Å². The Balaban J connectivity index is 2.03. The fourth-order valence-corrected chi connectivity index (χ4v) is 1.98. The number of rotatable bonds is 2. The van der Waals surface area contributed by atoms with Gasteiger partial charge in [0.2, 0.25) is 0 Å². The molecular weight excluding hydrogens is 212 g/mol.